The van der Waals surface area contributed by atoms with Gasteiger partial charge >= 0.3 is 5.97 Å². The minimum atomic E-state index is -1.02. The molecule has 1 heterocycles. The van der Waals surface area contributed by atoms with E-state index in [0.717, 1.165) is 38.8 Å². The van der Waals surface area contributed by atoms with E-state index in [9.17, 15) is 23.5 Å². The third kappa shape index (κ3) is 5.96. The van der Waals surface area contributed by atoms with Crippen molar-refractivity contribution in [3.05, 3.63) is 149 Å². The van der Waals surface area contributed by atoms with Gasteiger partial charge in [-0.05, 0) is 88.8 Å². The van der Waals surface area contributed by atoms with Crippen LogP contribution in [0.15, 0.2) is 115 Å². The number of carbonyl (C=O) groups excluding carboxylic acids is 1. The van der Waals surface area contributed by atoms with Gasteiger partial charge in [0.15, 0.2) is 0 Å². The quantitative estimate of drug-likeness (QED) is 0.190. The highest BCUT2D eigenvalue weighted by Gasteiger charge is 2.20. The van der Waals surface area contributed by atoms with Crippen LogP contribution in [0.5, 0.6) is 0 Å². The fourth-order valence-electron chi connectivity index (χ4n) is 5.22. The van der Waals surface area contributed by atoms with Crippen molar-refractivity contribution in [2.45, 2.75) is 19.5 Å². The first-order chi connectivity index (χ1) is 21.2. The van der Waals surface area contributed by atoms with Crippen LogP contribution in [0, 0.1) is 11.6 Å². The van der Waals surface area contributed by atoms with Crippen molar-refractivity contribution in [2.24, 2.45) is 0 Å². The van der Waals surface area contributed by atoms with E-state index in [2.05, 4.69) is 10.4 Å². The Balaban J connectivity index is 1.34. The number of aromatic nitrogens is 2. The molecule has 5 aromatic carbocycles. The van der Waals surface area contributed by atoms with Gasteiger partial charge in [-0.3, -0.25) is 9.48 Å². The fraction of sp³-hybridized carbons (Fsp3) is 0.0833. The lowest BCUT2D eigenvalue weighted by Crippen LogP contribution is -2.27. The summed E-state index contributed by atoms with van der Waals surface area (Å²) in [5.41, 5.74) is 6.27. The molecule has 1 atom stereocenters. The number of halogens is 2. The summed E-state index contributed by atoms with van der Waals surface area (Å²) in [5, 5.41) is 17.6. The zero-order valence-corrected chi connectivity index (χ0v) is 23.7. The summed E-state index contributed by atoms with van der Waals surface area (Å²) in [4.78, 5) is 25.1. The van der Waals surface area contributed by atoms with Crippen LogP contribution < -0.4 is 5.32 Å². The van der Waals surface area contributed by atoms with Gasteiger partial charge in [0, 0.05) is 5.39 Å². The molecule has 8 heteroatoms. The lowest BCUT2D eigenvalue weighted by atomic mass is 9.99. The summed E-state index contributed by atoms with van der Waals surface area (Å²) in [6.45, 7) is 2.23. The Bertz CT molecular complexity index is 1970. The number of hydrogen-bond donors (Lipinski definition) is 2. The van der Waals surface area contributed by atoms with Gasteiger partial charge in [-0.25, -0.2) is 13.6 Å². The minimum Gasteiger partial charge on any atom is -0.478 e. The van der Waals surface area contributed by atoms with Crippen molar-refractivity contribution in [3.8, 4) is 22.3 Å². The summed E-state index contributed by atoms with van der Waals surface area (Å²) in [6, 6.07) is 29.9. The monoisotopic (exact) mass is 587 g/mol. The third-order valence-corrected chi connectivity index (χ3v) is 7.62. The number of amides is 1. The summed E-state index contributed by atoms with van der Waals surface area (Å²) in [7, 11) is 0. The van der Waals surface area contributed by atoms with Crippen LogP contribution in [0.1, 0.15) is 44.8 Å². The largest absolute Gasteiger partial charge is 0.478 e. The molecule has 218 valence electrons. The summed E-state index contributed by atoms with van der Waals surface area (Å²) in [6.07, 6.45) is 1.71. The highest BCUT2D eigenvalue weighted by atomic mass is 19.1. The Morgan fingerprint density at radius 3 is 1.89 bits per heavy atom. The topological polar surface area (TPSA) is 84.2 Å². The molecule has 6 nitrogen and oxygen atoms in total. The van der Waals surface area contributed by atoms with E-state index in [1.54, 1.807) is 53.3 Å². The lowest BCUT2D eigenvalue weighted by molar-refractivity contribution is 0.0696. The molecule has 0 radical (unpaired) electrons. The molecule has 0 aliphatic rings. The average molecular weight is 588 g/mol. The Hall–Kier alpha value is -5.63. The molecule has 0 bridgehead atoms. The van der Waals surface area contributed by atoms with Crippen LogP contribution in [0.4, 0.5) is 8.78 Å². The zero-order valence-electron chi connectivity index (χ0n) is 23.7. The van der Waals surface area contributed by atoms with Gasteiger partial charge in [-0.1, -0.05) is 60.7 Å². The van der Waals surface area contributed by atoms with E-state index in [-0.39, 0.29) is 23.1 Å². The predicted octanol–water partition coefficient (Wildman–Crippen LogP) is 7.89. The van der Waals surface area contributed by atoms with Gasteiger partial charge in [0.2, 0.25) is 0 Å². The van der Waals surface area contributed by atoms with E-state index in [4.69, 9.17) is 0 Å². The van der Waals surface area contributed by atoms with Crippen molar-refractivity contribution in [1.29, 1.82) is 0 Å². The number of fused-ring (bicyclic) bond motifs is 1. The molecule has 0 spiro atoms. The van der Waals surface area contributed by atoms with Crippen LogP contribution in [-0.4, -0.2) is 26.8 Å². The smallest absolute Gasteiger partial charge is 0.335 e. The summed E-state index contributed by atoms with van der Waals surface area (Å²) < 4.78 is 28.8. The van der Waals surface area contributed by atoms with Crippen molar-refractivity contribution in [1.82, 2.24) is 15.1 Å². The molecular weight excluding hydrogens is 560 g/mol. The third-order valence-electron chi connectivity index (χ3n) is 7.62. The number of carboxylic acids is 1. The van der Waals surface area contributed by atoms with Crippen molar-refractivity contribution >= 4 is 22.8 Å². The lowest BCUT2D eigenvalue weighted by Gasteiger charge is -2.17. The van der Waals surface area contributed by atoms with Crippen LogP contribution >= 0.6 is 0 Å². The molecule has 0 fully saturated rings. The summed E-state index contributed by atoms with van der Waals surface area (Å²) >= 11 is 0. The SMILES string of the molecule is C[C@H](NC(=O)c1cc(-c2ccc(F)cc2)cc2cnn(Cc3ccc(-c4ccc(F)cc4)cc3)c12)c1ccc(C(=O)O)cc1. The second kappa shape index (κ2) is 11.9. The molecular formula is C36H27F2N3O3. The Kier molecular flexibility index (Phi) is 7.72. The van der Waals surface area contributed by atoms with E-state index in [1.165, 1.54) is 36.4 Å². The maximum Gasteiger partial charge on any atom is 0.335 e. The van der Waals surface area contributed by atoms with Crippen LogP contribution in [0.3, 0.4) is 0 Å². The molecule has 44 heavy (non-hydrogen) atoms. The normalized spacial score (nSPS) is 11.8. The molecule has 6 rings (SSSR count). The number of rotatable bonds is 8. The molecule has 1 aromatic heterocycles. The second-order valence-electron chi connectivity index (χ2n) is 10.6. The van der Waals surface area contributed by atoms with Gasteiger partial charge < -0.3 is 10.4 Å². The maximum absolute atomic E-state index is 13.9. The average Bonchev–Trinajstić information content (AvgIpc) is 3.44. The van der Waals surface area contributed by atoms with Crippen LogP contribution in [-0.2, 0) is 6.54 Å². The van der Waals surface area contributed by atoms with E-state index in [1.807, 2.05) is 37.3 Å². The molecule has 0 saturated heterocycles. The number of carbonyl (C=O) groups is 2. The first-order valence-corrected chi connectivity index (χ1v) is 14.0. The van der Waals surface area contributed by atoms with Crippen molar-refractivity contribution in [3.63, 3.8) is 0 Å². The highest BCUT2D eigenvalue weighted by Crippen LogP contribution is 2.30. The van der Waals surface area contributed by atoms with Gasteiger partial charge in [0.1, 0.15) is 11.6 Å². The van der Waals surface area contributed by atoms with E-state index < -0.39 is 12.0 Å². The number of nitrogens with one attached hydrogen (secondary N) is 1. The number of benzene rings is 5. The van der Waals surface area contributed by atoms with Gasteiger partial charge in [-0.2, -0.15) is 5.10 Å². The van der Waals surface area contributed by atoms with Gasteiger partial charge in [0.25, 0.3) is 5.91 Å². The van der Waals surface area contributed by atoms with Crippen LogP contribution in [0.2, 0.25) is 0 Å². The molecule has 0 aliphatic heterocycles. The highest BCUT2D eigenvalue weighted by molar-refractivity contribution is 6.07. The van der Waals surface area contributed by atoms with Gasteiger partial charge in [0.05, 0.1) is 35.4 Å². The number of aromatic carboxylic acids is 1. The van der Waals surface area contributed by atoms with E-state index in [0.29, 0.717) is 17.6 Å². The minimum absolute atomic E-state index is 0.163. The first kappa shape index (κ1) is 28.5. The standard InChI is InChI=1S/C36H27F2N3O3/c1-22(24-6-8-28(9-7-24)36(43)44)40-35(42)33-19-29(27-12-16-32(38)17-13-27)18-30-20-39-41(34(30)33)21-23-2-4-25(5-3-23)26-10-14-31(37)15-11-26/h2-20,22H,21H2,1H3,(H,40,42)(H,43,44)/t22-/m0/s1. The Morgan fingerprint density at radius 1 is 0.773 bits per heavy atom. The van der Waals surface area contributed by atoms with Crippen molar-refractivity contribution in [2.75, 3.05) is 0 Å². The van der Waals surface area contributed by atoms with E-state index >= 15 is 0 Å². The molecule has 2 N–H and O–H groups in total. The maximum atomic E-state index is 13.9. The molecule has 0 unspecified atom stereocenters. The Morgan fingerprint density at radius 2 is 1.32 bits per heavy atom. The molecule has 0 aliphatic carbocycles. The summed E-state index contributed by atoms with van der Waals surface area (Å²) in [5.74, 6) is -1.99. The number of nitrogens with zero attached hydrogens (tertiary/aromatic N) is 2. The predicted molar refractivity (Wildman–Crippen MR) is 165 cm³/mol. The van der Waals surface area contributed by atoms with Crippen LogP contribution in [0.25, 0.3) is 33.2 Å². The Labute approximate surface area is 252 Å². The number of carboxylic acid groups (broad SMARTS) is 1. The fourth-order valence-corrected chi connectivity index (χ4v) is 5.22. The zero-order chi connectivity index (χ0) is 30.8. The van der Waals surface area contributed by atoms with Gasteiger partial charge in [-0.15, -0.1) is 0 Å². The second-order valence-corrected chi connectivity index (χ2v) is 10.6. The van der Waals surface area contributed by atoms with Crippen molar-refractivity contribution < 1.29 is 23.5 Å². The molecule has 0 saturated carbocycles. The number of hydrogen-bond acceptors (Lipinski definition) is 3. The molecule has 6 aromatic rings. The first-order valence-electron chi connectivity index (χ1n) is 14.0. The molecule has 1 amide bonds.